The molecule has 2 heterocycles. The largest absolute Gasteiger partial charge is 0.573 e. The number of anilines is 3. The molecule has 9 heteroatoms. The third kappa shape index (κ3) is 4.18. The van der Waals surface area contributed by atoms with Crippen molar-refractivity contribution in [1.82, 2.24) is 9.97 Å². The van der Waals surface area contributed by atoms with Crippen LogP contribution in [0.3, 0.4) is 0 Å². The molecule has 1 aliphatic rings. The highest BCUT2D eigenvalue weighted by molar-refractivity contribution is 5.71. The van der Waals surface area contributed by atoms with Crippen LogP contribution in [0, 0.1) is 0 Å². The number of nitrogens with two attached hydrogens (primary N) is 2. The van der Waals surface area contributed by atoms with Crippen LogP contribution in [0.1, 0.15) is 11.1 Å². The van der Waals surface area contributed by atoms with Crippen LogP contribution in [0.2, 0.25) is 0 Å². The third-order valence-electron chi connectivity index (χ3n) is 4.77. The third-order valence-corrected chi connectivity index (χ3v) is 4.77. The van der Waals surface area contributed by atoms with Crippen molar-refractivity contribution in [3.8, 4) is 16.9 Å². The van der Waals surface area contributed by atoms with Crippen LogP contribution in [-0.2, 0) is 13.0 Å². The van der Waals surface area contributed by atoms with Crippen molar-refractivity contribution < 1.29 is 17.9 Å². The summed E-state index contributed by atoms with van der Waals surface area (Å²) in [5.74, 6) is 0.269. The summed E-state index contributed by atoms with van der Waals surface area (Å²) in [6.07, 6.45) is -2.21. The number of ether oxygens (including phenoxy) is 1. The molecular formula is C20H18F3N5O. The van der Waals surface area contributed by atoms with Gasteiger partial charge in [0.05, 0.1) is 0 Å². The first-order valence-electron chi connectivity index (χ1n) is 8.89. The summed E-state index contributed by atoms with van der Waals surface area (Å²) in [5.41, 5.74) is 16.3. The van der Waals surface area contributed by atoms with E-state index < -0.39 is 6.36 Å². The second-order valence-electron chi connectivity index (χ2n) is 6.73. The molecule has 1 aromatic heterocycles. The summed E-state index contributed by atoms with van der Waals surface area (Å²) in [6, 6.07) is 11.9. The fourth-order valence-corrected chi connectivity index (χ4v) is 3.42. The first-order valence-corrected chi connectivity index (χ1v) is 8.89. The van der Waals surface area contributed by atoms with Crippen molar-refractivity contribution in [3.63, 3.8) is 0 Å². The number of rotatable bonds is 4. The van der Waals surface area contributed by atoms with E-state index in [4.69, 9.17) is 11.5 Å². The summed E-state index contributed by atoms with van der Waals surface area (Å²) in [4.78, 5) is 10.2. The number of hydrogen-bond acceptors (Lipinski definition) is 6. The van der Waals surface area contributed by atoms with Crippen molar-refractivity contribution in [1.29, 1.82) is 0 Å². The van der Waals surface area contributed by atoms with Gasteiger partial charge in [-0.2, -0.15) is 4.98 Å². The topological polar surface area (TPSA) is 90.3 Å². The van der Waals surface area contributed by atoms with Crippen LogP contribution in [0.4, 0.5) is 30.6 Å². The molecule has 0 bridgehead atoms. The predicted octanol–water partition coefficient (Wildman–Crippen LogP) is 3.77. The highest BCUT2D eigenvalue weighted by Gasteiger charge is 2.31. The lowest BCUT2D eigenvalue weighted by atomic mass is 10.0. The average Bonchev–Trinajstić information content (AvgIpc) is 3.05. The molecule has 0 saturated carbocycles. The molecule has 0 fully saturated rings. The Morgan fingerprint density at radius 1 is 1.03 bits per heavy atom. The number of fused-ring (bicyclic) bond motifs is 1. The Balaban J connectivity index is 1.52. The van der Waals surface area contributed by atoms with Crippen LogP contribution in [0.5, 0.6) is 5.75 Å². The van der Waals surface area contributed by atoms with E-state index in [1.807, 2.05) is 12.1 Å². The Kier molecular flexibility index (Phi) is 4.65. The van der Waals surface area contributed by atoms with Crippen molar-refractivity contribution in [2.75, 3.05) is 22.9 Å². The minimum absolute atomic E-state index is 0.143. The Labute approximate surface area is 164 Å². The molecular weight excluding hydrogens is 383 g/mol. The highest BCUT2D eigenvalue weighted by atomic mass is 19.4. The van der Waals surface area contributed by atoms with Crippen molar-refractivity contribution >= 4 is 17.5 Å². The standard InChI is InChI=1S/C20H18F3N5O/c21-20(22,23)29-16-4-1-12(2-5-16)13-3-6-17-14(9-13)7-8-28(17)11-15-10-26-19(25)27-18(15)24/h1-6,9-10H,7-8,11H2,(H4,24,25,26,27). The maximum atomic E-state index is 12.3. The zero-order chi connectivity index (χ0) is 20.6. The Bertz CT molecular complexity index is 1040. The van der Waals surface area contributed by atoms with E-state index in [-0.39, 0.29) is 11.7 Å². The van der Waals surface area contributed by atoms with E-state index in [0.29, 0.717) is 12.4 Å². The normalized spacial score (nSPS) is 13.4. The number of alkyl halides is 3. The minimum Gasteiger partial charge on any atom is -0.406 e. The number of halogens is 3. The summed E-state index contributed by atoms with van der Waals surface area (Å²) >= 11 is 0. The van der Waals surface area contributed by atoms with E-state index >= 15 is 0 Å². The maximum Gasteiger partial charge on any atom is 0.573 e. The van der Waals surface area contributed by atoms with E-state index in [2.05, 4.69) is 25.7 Å². The number of benzene rings is 2. The Morgan fingerprint density at radius 3 is 2.45 bits per heavy atom. The molecule has 1 aliphatic heterocycles. The molecule has 4 N–H and O–H groups in total. The first-order chi connectivity index (χ1) is 13.8. The van der Waals surface area contributed by atoms with Gasteiger partial charge in [0.1, 0.15) is 11.6 Å². The van der Waals surface area contributed by atoms with Gasteiger partial charge in [0, 0.05) is 30.5 Å². The van der Waals surface area contributed by atoms with E-state index in [1.54, 1.807) is 18.3 Å². The molecule has 0 spiro atoms. The number of hydrogen-bond donors (Lipinski definition) is 2. The van der Waals surface area contributed by atoms with Gasteiger partial charge in [-0.1, -0.05) is 18.2 Å². The van der Waals surface area contributed by atoms with Gasteiger partial charge in [0.2, 0.25) is 5.95 Å². The zero-order valence-corrected chi connectivity index (χ0v) is 15.3. The highest BCUT2D eigenvalue weighted by Crippen LogP contribution is 2.34. The molecule has 0 aliphatic carbocycles. The molecule has 0 radical (unpaired) electrons. The van der Waals surface area contributed by atoms with Gasteiger partial charge >= 0.3 is 6.36 Å². The molecule has 2 aromatic carbocycles. The molecule has 150 valence electrons. The van der Waals surface area contributed by atoms with Crippen molar-refractivity contribution in [3.05, 3.63) is 59.8 Å². The Hall–Kier alpha value is -3.49. The van der Waals surface area contributed by atoms with Crippen LogP contribution in [0.25, 0.3) is 11.1 Å². The van der Waals surface area contributed by atoms with Crippen molar-refractivity contribution in [2.24, 2.45) is 0 Å². The smallest absolute Gasteiger partial charge is 0.406 e. The van der Waals surface area contributed by atoms with E-state index in [9.17, 15) is 13.2 Å². The van der Waals surface area contributed by atoms with Crippen LogP contribution < -0.4 is 21.1 Å². The SMILES string of the molecule is Nc1ncc(CN2CCc3cc(-c4ccc(OC(F)(F)F)cc4)ccc32)c(N)n1. The molecule has 3 aromatic rings. The molecule has 0 atom stereocenters. The van der Waals surface area contributed by atoms with Crippen LogP contribution >= 0.6 is 0 Å². The second kappa shape index (κ2) is 7.16. The van der Waals surface area contributed by atoms with Crippen LogP contribution in [0.15, 0.2) is 48.7 Å². The second-order valence-corrected chi connectivity index (χ2v) is 6.73. The van der Waals surface area contributed by atoms with Gasteiger partial charge < -0.3 is 21.1 Å². The monoisotopic (exact) mass is 401 g/mol. The van der Waals surface area contributed by atoms with Gasteiger partial charge in [-0.15, -0.1) is 13.2 Å². The van der Waals surface area contributed by atoms with Crippen LogP contribution in [-0.4, -0.2) is 22.9 Å². The van der Waals surface area contributed by atoms with Gasteiger partial charge in [0.15, 0.2) is 0 Å². The minimum atomic E-state index is -4.70. The lowest BCUT2D eigenvalue weighted by molar-refractivity contribution is -0.274. The number of nitrogens with zero attached hydrogens (tertiary/aromatic N) is 3. The van der Waals surface area contributed by atoms with Gasteiger partial charge in [-0.05, 0) is 47.4 Å². The molecule has 0 saturated heterocycles. The summed E-state index contributed by atoms with van der Waals surface area (Å²) in [7, 11) is 0. The molecule has 6 nitrogen and oxygen atoms in total. The average molecular weight is 401 g/mol. The summed E-state index contributed by atoms with van der Waals surface area (Å²) in [6.45, 7) is 1.39. The van der Waals surface area contributed by atoms with E-state index in [0.717, 1.165) is 40.9 Å². The molecule has 0 unspecified atom stereocenters. The van der Waals surface area contributed by atoms with Gasteiger partial charge in [-0.3, -0.25) is 0 Å². The van der Waals surface area contributed by atoms with Gasteiger partial charge in [-0.25, -0.2) is 4.98 Å². The lowest BCUT2D eigenvalue weighted by Gasteiger charge is -2.20. The van der Waals surface area contributed by atoms with E-state index in [1.165, 1.54) is 12.1 Å². The molecule has 29 heavy (non-hydrogen) atoms. The molecule has 0 amide bonds. The zero-order valence-electron chi connectivity index (χ0n) is 15.3. The Morgan fingerprint density at radius 2 is 1.76 bits per heavy atom. The fourth-order valence-electron chi connectivity index (χ4n) is 3.42. The summed E-state index contributed by atoms with van der Waals surface area (Å²) in [5, 5.41) is 0. The summed E-state index contributed by atoms with van der Waals surface area (Å²) < 4.78 is 40.8. The fraction of sp³-hybridized carbons (Fsp3) is 0.200. The number of nitrogen functional groups attached to an aromatic ring is 2. The first kappa shape index (κ1) is 18.9. The van der Waals surface area contributed by atoms with Crippen molar-refractivity contribution in [2.45, 2.75) is 19.3 Å². The lowest BCUT2D eigenvalue weighted by Crippen LogP contribution is -2.21. The quantitative estimate of drug-likeness (QED) is 0.692. The maximum absolute atomic E-state index is 12.3. The number of aromatic nitrogens is 2. The predicted molar refractivity (Wildman–Crippen MR) is 104 cm³/mol. The van der Waals surface area contributed by atoms with Gasteiger partial charge in [0.25, 0.3) is 0 Å². The molecule has 4 rings (SSSR count).